The Balaban J connectivity index is 1.99. The fourth-order valence-electron chi connectivity index (χ4n) is 1.81. The summed E-state index contributed by atoms with van der Waals surface area (Å²) >= 11 is 0. The van der Waals surface area contributed by atoms with Gasteiger partial charge >= 0.3 is 5.97 Å². The van der Waals surface area contributed by atoms with Gasteiger partial charge in [-0.3, -0.25) is 4.79 Å². The molecule has 2 rings (SSSR count). The molecule has 1 aromatic heterocycles. The fourth-order valence-corrected chi connectivity index (χ4v) is 1.81. The third kappa shape index (κ3) is 4.54. The number of ether oxygens (including phenoxy) is 2. The molecule has 120 valence electrons. The molecule has 0 aliphatic carbocycles. The minimum Gasteiger partial charge on any atom is -0.481 e. The number of hydrogen-bond acceptors (Lipinski definition) is 5. The largest absolute Gasteiger partial charge is 0.481 e. The van der Waals surface area contributed by atoms with Gasteiger partial charge in [0.15, 0.2) is 0 Å². The van der Waals surface area contributed by atoms with E-state index in [-0.39, 0.29) is 11.9 Å². The number of benzene rings is 1. The molecule has 23 heavy (non-hydrogen) atoms. The molecule has 0 unspecified atom stereocenters. The van der Waals surface area contributed by atoms with Crippen molar-refractivity contribution in [3.05, 3.63) is 53.7 Å². The maximum Gasteiger partial charge on any atom is 0.338 e. The van der Waals surface area contributed by atoms with E-state index in [0.717, 1.165) is 6.42 Å². The lowest BCUT2D eigenvalue weighted by Gasteiger charge is -2.07. The van der Waals surface area contributed by atoms with Crippen LogP contribution in [0, 0.1) is 0 Å². The Morgan fingerprint density at radius 2 is 1.78 bits per heavy atom. The number of aromatic nitrogens is 1. The summed E-state index contributed by atoms with van der Waals surface area (Å²) in [7, 11) is 1.51. The van der Waals surface area contributed by atoms with E-state index >= 15 is 0 Å². The van der Waals surface area contributed by atoms with Gasteiger partial charge in [0.05, 0.1) is 24.8 Å². The Morgan fingerprint density at radius 3 is 2.35 bits per heavy atom. The minimum absolute atomic E-state index is 0.290. The average Bonchev–Trinajstić information content (AvgIpc) is 2.60. The van der Waals surface area contributed by atoms with Crippen molar-refractivity contribution in [1.29, 1.82) is 0 Å². The second kappa shape index (κ2) is 7.93. The molecule has 1 amide bonds. The van der Waals surface area contributed by atoms with E-state index in [2.05, 4.69) is 10.3 Å². The summed E-state index contributed by atoms with van der Waals surface area (Å²) in [5, 5.41) is 2.73. The number of nitrogens with zero attached hydrogens (tertiary/aromatic N) is 1. The zero-order valence-corrected chi connectivity index (χ0v) is 13.0. The number of hydrogen-bond donors (Lipinski definition) is 1. The average molecular weight is 314 g/mol. The van der Waals surface area contributed by atoms with Gasteiger partial charge in [-0.2, -0.15) is 0 Å². The Hall–Kier alpha value is -2.89. The third-order valence-corrected chi connectivity index (χ3v) is 3.02. The molecule has 0 saturated heterocycles. The van der Waals surface area contributed by atoms with Crippen LogP contribution in [0.2, 0.25) is 0 Å². The molecule has 0 aliphatic rings. The highest BCUT2D eigenvalue weighted by Crippen LogP contribution is 2.13. The van der Waals surface area contributed by atoms with Gasteiger partial charge in [0, 0.05) is 18.0 Å². The standard InChI is InChI=1S/C17H18N2O4/c1-3-10-23-17(21)12-4-7-14(8-5-12)19-16(20)13-6-9-15(22-2)18-11-13/h4-9,11H,3,10H2,1-2H3,(H,19,20). The zero-order valence-electron chi connectivity index (χ0n) is 13.0. The molecule has 6 nitrogen and oxygen atoms in total. The maximum absolute atomic E-state index is 12.1. The van der Waals surface area contributed by atoms with E-state index in [1.54, 1.807) is 36.4 Å². The lowest BCUT2D eigenvalue weighted by atomic mass is 10.2. The van der Waals surface area contributed by atoms with Crippen LogP contribution in [0.15, 0.2) is 42.6 Å². The van der Waals surface area contributed by atoms with Crippen molar-refractivity contribution in [3.63, 3.8) is 0 Å². The van der Waals surface area contributed by atoms with Crippen LogP contribution in [0.25, 0.3) is 0 Å². The van der Waals surface area contributed by atoms with Crippen molar-refractivity contribution in [2.45, 2.75) is 13.3 Å². The molecule has 0 aliphatic heterocycles. The maximum atomic E-state index is 12.1. The van der Waals surface area contributed by atoms with Crippen LogP contribution >= 0.6 is 0 Å². The van der Waals surface area contributed by atoms with E-state index in [1.165, 1.54) is 13.3 Å². The second-order valence-electron chi connectivity index (χ2n) is 4.76. The molecule has 6 heteroatoms. The quantitative estimate of drug-likeness (QED) is 0.830. The minimum atomic E-state index is -0.371. The van der Waals surface area contributed by atoms with E-state index < -0.39 is 0 Å². The zero-order chi connectivity index (χ0) is 16.7. The number of pyridine rings is 1. The summed E-state index contributed by atoms with van der Waals surface area (Å²) in [6.07, 6.45) is 2.21. The number of esters is 1. The molecule has 1 heterocycles. The highest BCUT2D eigenvalue weighted by Gasteiger charge is 2.09. The predicted molar refractivity (Wildman–Crippen MR) is 85.8 cm³/mol. The van der Waals surface area contributed by atoms with Crippen molar-refractivity contribution in [2.24, 2.45) is 0 Å². The molecule has 2 aromatic rings. The first-order chi connectivity index (χ1) is 11.1. The molecular weight excluding hydrogens is 296 g/mol. The van der Waals surface area contributed by atoms with E-state index in [9.17, 15) is 9.59 Å². The van der Waals surface area contributed by atoms with Gasteiger partial charge in [-0.25, -0.2) is 9.78 Å². The molecule has 1 N–H and O–H groups in total. The predicted octanol–water partition coefficient (Wildman–Crippen LogP) is 2.91. The number of carbonyl (C=O) groups is 2. The fraction of sp³-hybridized carbons (Fsp3) is 0.235. The molecule has 0 spiro atoms. The molecule has 0 atom stereocenters. The summed E-state index contributed by atoms with van der Waals surface area (Å²) < 4.78 is 9.99. The van der Waals surface area contributed by atoms with Crippen LogP contribution in [0.4, 0.5) is 5.69 Å². The molecule has 0 bridgehead atoms. The van der Waals surface area contributed by atoms with Crippen LogP contribution in [0.1, 0.15) is 34.1 Å². The summed E-state index contributed by atoms with van der Waals surface area (Å²) in [6, 6.07) is 9.76. The van der Waals surface area contributed by atoms with Crippen molar-refractivity contribution in [2.75, 3.05) is 19.0 Å². The van der Waals surface area contributed by atoms with Crippen LogP contribution in [0.3, 0.4) is 0 Å². The number of anilines is 1. The van der Waals surface area contributed by atoms with Gasteiger partial charge in [0.25, 0.3) is 5.91 Å². The first kappa shape index (κ1) is 16.5. The highest BCUT2D eigenvalue weighted by atomic mass is 16.5. The van der Waals surface area contributed by atoms with Crippen molar-refractivity contribution >= 4 is 17.6 Å². The van der Waals surface area contributed by atoms with Crippen molar-refractivity contribution < 1.29 is 19.1 Å². The van der Waals surface area contributed by atoms with Crippen LogP contribution in [-0.4, -0.2) is 30.6 Å². The summed E-state index contributed by atoms with van der Waals surface area (Å²) in [4.78, 5) is 27.8. The Bertz CT molecular complexity index is 666. The molecule has 0 saturated carbocycles. The molecule has 0 radical (unpaired) electrons. The first-order valence-electron chi connectivity index (χ1n) is 7.22. The van der Waals surface area contributed by atoms with Gasteiger partial charge in [0.2, 0.25) is 5.88 Å². The number of amides is 1. The smallest absolute Gasteiger partial charge is 0.338 e. The van der Waals surface area contributed by atoms with Crippen LogP contribution < -0.4 is 10.1 Å². The summed E-state index contributed by atoms with van der Waals surface area (Å²) in [5.41, 5.74) is 1.44. The van der Waals surface area contributed by atoms with E-state index in [0.29, 0.717) is 29.3 Å². The Kier molecular flexibility index (Phi) is 5.68. The lowest BCUT2D eigenvalue weighted by molar-refractivity contribution is 0.0505. The SMILES string of the molecule is CCCOC(=O)c1ccc(NC(=O)c2ccc(OC)nc2)cc1. The summed E-state index contributed by atoms with van der Waals surface area (Å²) in [6.45, 7) is 2.32. The van der Waals surface area contributed by atoms with Gasteiger partial charge in [-0.1, -0.05) is 6.92 Å². The second-order valence-corrected chi connectivity index (χ2v) is 4.76. The van der Waals surface area contributed by atoms with Gasteiger partial charge in [-0.15, -0.1) is 0 Å². The number of nitrogens with one attached hydrogen (secondary N) is 1. The van der Waals surface area contributed by atoms with Gasteiger partial charge in [-0.05, 0) is 36.8 Å². The summed E-state index contributed by atoms with van der Waals surface area (Å²) in [5.74, 6) is -0.220. The van der Waals surface area contributed by atoms with Crippen LogP contribution in [-0.2, 0) is 4.74 Å². The van der Waals surface area contributed by atoms with Crippen molar-refractivity contribution in [1.82, 2.24) is 4.98 Å². The van der Waals surface area contributed by atoms with Crippen LogP contribution in [0.5, 0.6) is 5.88 Å². The molecule has 1 aromatic carbocycles. The highest BCUT2D eigenvalue weighted by molar-refractivity contribution is 6.04. The number of rotatable bonds is 6. The van der Waals surface area contributed by atoms with Crippen molar-refractivity contribution in [3.8, 4) is 5.88 Å². The monoisotopic (exact) mass is 314 g/mol. The number of carbonyl (C=O) groups excluding carboxylic acids is 2. The van der Waals surface area contributed by atoms with E-state index in [1.807, 2.05) is 6.92 Å². The first-order valence-corrected chi connectivity index (χ1v) is 7.22. The number of methoxy groups -OCH3 is 1. The van der Waals surface area contributed by atoms with E-state index in [4.69, 9.17) is 9.47 Å². The van der Waals surface area contributed by atoms with Gasteiger partial charge in [0.1, 0.15) is 0 Å². The lowest BCUT2D eigenvalue weighted by Crippen LogP contribution is -2.12. The molecule has 0 fully saturated rings. The Morgan fingerprint density at radius 1 is 1.09 bits per heavy atom. The Labute approximate surface area is 134 Å². The topological polar surface area (TPSA) is 77.5 Å². The van der Waals surface area contributed by atoms with Gasteiger partial charge < -0.3 is 14.8 Å². The normalized spacial score (nSPS) is 10.0. The molecular formula is C17H18N2O4. The third-order valence-electron chi connectivity index (χ3n) is 3.02.